The summed E-state index contributed by atoms with van der Waals surface area (Å²) in [5.74, 6) is -0.284. The van der Waals surface area contributed by atoms with Crippen molar-refractivity contribution in [2.45, 2.75) is 32.9 Å². The van der Waals surface area contributed by atoms with E-state index in [0.717, 1.165) is 0 Å². The minimum absolute atomic E-state index is 0.112. The van der Waals surface area contributed by atoms with E-state index in [9.17, 15) is 14.4 Å². The molecular weight excluding hydrogens is 366 g/mol. The molecule has 152 valence electrons. The standard InChI is InChI=1S/C19H25N3O6/c1-6-11(2)17(19(25)28-5)21-16(23)9-22-10-20-13-8-15(27-4)14(26-3)7-12(13)18(22)24/h7-8,10-11,17H,6,9H2,1-5H3,(H,21,23)/t11-,17+/m1/s1. The summed E-state index contributed by atoms with van der Waals surface area (Å²) in [4.78, 5) is 41.3. The first-order chi connectivity index (χ1) is 13.4. The maximum absolute atomic E-state index is 12.8. The maximum Gasteiger partial charge on any atom is 0.328 e. The highest BCUT2D eigenvalue weighted by atomic mass is 16.5. The van der Waals surface area contributed by atoms with E-state index in [2.05, 4.69) is 10.3 Å². The quantitative estimate of drug-likeness (QED) is 0.672. The lowest BCUT2D eigenvalue weighted by atomic mass is 9.99. The molecule has 9 nitrogen and oxygen atoms in total. The molecule has 9 heteroatoms. The first-order valence-corrected chi connectivity index (χ1v) is 8.84. The Balaban J connectivity index is 2.30. The molecule has 1 heterocycles. The van der Waals surface area contributed by atoms with E-state index in [1.54, 1.807) is 6.07 Å². The smallest absolute Gasteiger partial charge is 0.328 e. The van der Waals surface area contributed by atoms with Crippen LogP contribution in [0.5, 0.6) is 11.5 Å². The monoisotopic (exact) mass is 391 g/mol. The van der Waals surface area contributed by atoms with E-state index in [-0.39, 0.29) is 12.5 Å². The lowest BCUT2D eigenvalue weighted by Crippen LogP contribution is -2.47. The highest BCUT2D eigenvalue weighted by Gasteiger charge is 2.26. The van der Waals surface area contributed by atoms with Crippen molar-refractivity contribution in [3.63, 3.8) is 0 Å². The molecule has 0 aliphatic carbocycles. The number of carbonyl (C=O) groups is 2. The molecule has 28 heavy (non-hydrogen) atoms. The number of carbonyl (C=O) groups excluding carboxylic acids is 2. The molecule has 2 atom stereocenters. The van der Waals surface area contributed by atoms with E-state index in [1.165, 1.54) is 38.3 Å². The summed E-state index contributed by atoms with van der Waals surface area (Å²) in [5.41, 5.74) is 0.0191. The van der Waals surface area contributed by atoms with E-state index >= 15 is 0 Å². The molecule has 1 N–H and O–H groups in total. The van der Waals surface area contributed by atoms with Crippen molar-refractivity contribution in [2.75, 3.05) is 21.3 Å². The minimum Gasteiger partial charge on any atom is -0.493 e. The molecule has 0 radical (unpaired) electrons. The molecular formula is C19H25N3O6. The predicted molar refractivity (Wildman–Crippen MR) is 103 cm³/mol. The molecule has 0 saturated heterocycles. The Labute approximate surface area is 162 Å². The Morgan fingerprint density at radius 2 is 1.82 bits per heavy atom. The number of ether oxygens (including phenoxy) is 3. The number of esters is 1. The van der Waals surface area contributed by atoms with Crippen molar-refractivity contribution in [3.05, 3.63) is 28.8 Å². The lowest BCUT2D eigenvalue weighted by molar-refractivity contribution is -0.146. The van der Waals surface area contributed by atoms with Crippen molar-refractivity contribution in [3.8, 4) is 11.5 Å². The number of fused-ring (bicyclic) bond motifs is 1. The molecule has 0 fully saturated rings. The van der Waals surface area contributed by atoms with Gasteiger partial charge in [-0.1, -0.05) is 20.3 Å². The van der Waals surface area contributed by atoms with Gasteiger partial charge in [0.1, 0.15) is 12.6 Å². The van der Waals surface area contributed by atoms with Gasteiger partial charge < -0.3 is 19.5 Å². The van der Waals surface area contributed by atoms with Crippen LogP contribution in [0.4, 0.5) is 0 Å². The van der Waals surface area contributed by atoms with Gasteiger partial charge in [0.15, 0.2) is 11.5 Å². The Morgan fingerprint density at radius 3 is 2.39 bits per heavy atom. The third-order valence-electron chi connectivity index (χ3n) is 4.63. The molecule has 1 aromatic heterocycles. The third kappa shape index (κ3) is 4.41. The van der Waals surface area contributed by atoms with Crippen LogP contribution in [0, 0.1) is 5.92 Å². The van der Waals surface area contributed by atoms with E-state index in [1.807, 2.05) is 13.8 Å². The van der Waals surface area contributed by atoms with Gasteiger partial charge in [0, 0.05) is 6.07 Å². The zero-order valence-electron chi connectivity index (χ0n) is 16.6. The van der Waals surface area contributed by atoms with Crippen molar-refractivity contribution >= 4 is 22.8 Å². The summed E-state index contributed by atoms with van der Waals surface area (Å²) >= 11 is 0. The number of amides is 1. The van der Waals surface area contributed by atoms with E-state index < -0.39 is 23.5 Å². The van der Waals surface area contributed by atoms with Gasteiger partial charge >= 0.3 is 5.97 Å². The van der Waals surface area contributed by atoms with Gasteiger partial charge in [-0.25, -0.2) is 9.78 Å². The first kappa shape index (κ1) is 21.2. The van der Waals surface area contributed by atoms with Crippen LogP contribution in [0.15, 0.2) is 23.3 Å². The molecule has 1 aromatic carbocycles. The number of nitrogens with zero attached hydrogens (tertiary/aromatic N) is 2. The number of hydrogen-bond donors (Lipinski definition) is 1. The molecule has 2 aromatic rings. The second-order valence-corrected chi connectivity index (χ2v) is 6.36. The maximum atomic E-state index is 12.8. The van der Waals surface area contributed by atoms with Crippen LogP contribution in [-0.4, -0.2) is 48.8 Å². The normalized spacial score (nSPS) is 12.9. The van der Waals surface area contributed by atoms with E-state index in [0.29, 0.717) is 28.8 Å². The fourth-order valence-corrected chi connectivity index (χ4v) is 2.77. The van der Waals surface area contributed by atoms with Crippen molar-refractivity contribution in [1.82, 2.24) is 14.9 Å². The number of methoxy groups -OCH3 is 3. The summed E-state index contributed by atoms with van der Waals surface area (Å²) in [6.07, 6.45) is 1.96. The summed E-state index contributed by atoms with van der Waals surface area (Å²) < 4.78 is 16.4. The fourth-order valence-electron chi connectivity index (χ4n) is 2.77. The van der Waals surface area contributed by atoms with Crippen LogP contribution in [0.3, 0.4) is 0 Å². The van der Waals surface area contributed by atoms with Gasteiger partial charge in [-0.2, -0.15) is 0 Å². The highest BCUT2D eigenvalue weighted by molar-refractivity contribution is 5.85. The predicted octanol–water partition coefficient (Wildman–Crippen LogP) is 1.12. The molecule has 0 aliphatic heterocycles. The van der Waals surface area contributed by atoms with Gasteiger partial charge in [0.2, 0.25) is 5.91 Å². The SMILES string of the molecule is CC[C@@H](C)[C@H](NC(=O)Cn1cnc2cc(OC)c(OC)cc2c1=O)C(=O)OC. The Bertz CT molecular complexity index is 924. The van der Waals surface area contributed by atoms with Crippen molar-refractivity contribution in [1.29, 1.82) is 0 Å². The van der Waals surface area contributed by atoms with Crippen LogP contribution in [0.1, 0.15) is 20.3 Å². The van der Waals surface area contributed by atoms with Crippen LogP contribution in [0.2, 0.25) is 0 Å². The molecule has 0 bridgehead atoms. The molecule has 0 aliphatic rings. The van der Waals surface area contributed by atoms with E-state index in [4.69, 9.17) is 14.2 Å². The fraction of sp³-hybridized carbons (Fsp3) is 0.474. The highest BCUT2D eigenvalue weighted by Crippen LogP contribution is 2.29. The zero-order chi connectivity index (χ0) is 20.8. The summed E-state index contributed by atoms with van der Waals surface area (Å²) in [6.45, 7) is 3.47. The topological polar surface area (TPSA) is 109 Å². The van der Waals surface area contributed by atoms with Crippen LogP contribution in [-0.2, 0) is 20.9 Å². The van der Waals surface area contributed by atoms with Crippen molar-refractivity contribution < 1.29 is 23.8 Å². The molecule has 1 amide bonds. The van der Waals surface area contributed by atoms with Crippen LogP contribution >= 0.6 is 0 Å². The molecule has 2 rings (SSSR count). The van der Waals surface area contributed by atoms with Gasteiger partial charge in [-0.3, -0.25) is 14.2 Å². The Morgan fingerprint density at radius 1 is 1.18 bits per heavy atom. The second-order valence-electron chi connectivity index (χ2n) is 6.36. The Hall–Kier alpha value is -3.10. The minimum atomic E-state index is -0.782. The largest absolute Gasteiger partial charge is 0.493 e. The van der Waals surface area contributed by atoms with Gasteiger partial charge in [0.05, 0.1) is 38.6 Å². The zero-order valence-corrected chi connectivity index (χ0v) is 16.6. The number of nitrogens with one attached hydrogen (secondary N) is 1. The number of rotatable bonds is 8. The average Bonchev–Trinajstić information content (AvgIpc) is 2.71. The average molecular weight is 391 g/mol. The van der Waals surface area contributed by atoms with Gasteiger partial charge in [-0.15, -0.1) is 0 Å². The van der Waals surface area contributed by atoms with Crippen molar-refractivity contribution in [2.24, 2.45) is 5.92 Å². The third-order valence-corrected chi connectivity index (χ3v) is 4.63. The molecule has 0 unspecified atom stereocenters. The summed E-state index contributed by atoms with van der Waals surface area (Å²) in [6, 6.07) is 2.33. The van der Waals surface area contributed by atoms with Crippen LogP contribution in [0.25, 0.3) is 10.9 Å². The summed E-state index contributed by atoms with van der Waals surface area (Å²) in [7, 11) is 4.22. The second kappa shape index (κ2) is 9.20. The van der Waals surface area contributed by atoms with Gasteiger partial charge in [-0.05, 0) is 12.0 Å². The molecule has 0 saturated carbocycles. The number of hydrogen-bond acceptors (Lipinski definition) is 7. The first-order valence-electron chi connectivity index (χ1n) is 8.84. The van der Waals surface area contributed by atoms with Gasteiger partial charge in [0.25, 0.3) is 5.56 Å². The van der Waals surface area contributed by atoms with Crippen LogP contribution < -0.4 is 20.3 Å². The number of benzene rings is 1. The lowest BCUT2D eigenvalue weighted by Gasteiger charge is -2.22. The summed E-state index contributed by atoms with van der Waals surface area (Å²) in [5, 5.41) is 2.93. The Kier molecular flexibility index (Phi) is 6.97. The number of aromatic nitrogens is 2. The molecule has 0 spiro atoms.